The number of carboxylic acids is 1. The van der Waals surface area contributed by atoms with Gasteiger partial charge >= 0.3 is 5.97 Å². The number of hydrogen-bond donors (Lipinski definition) is 1. The molecule has 0 radical (unpaired) electrons. The van der Waals surface area contributed by atoms with Crippen molar-refractivity contribution in [1.82, 2.24) is 10.1 Å². The molecule has 1 fully saturated rings. The van der Waals surface area contributed by atoms with Gasteiger partial charge in [-0.3, -0.25) is 9.59 Å². The monoisotopic (exact) mass is 238 g/mol. The first kappa shape index (κ1) is 11.6. The molecule has 1 N–H and O–H groups in total. The van der Waals surface area contributed by atoms with E-state index in [4.69, 9.17) is 9.63 Å². The SMILES string of the molecule is Cc1conc1C(=O)N1CCC(C(=O)O)CC1. The van der Waals surface area contributed by atoms with E-state index in [9.17, 15) is 9.59 Å². The van der Waals surface area contributed by atoms with E-state index in [2.05, 4.69) is 5.16 Å². The fourth-order valence-electron chi connectivity index (χ4n) is 1.97. The molecule has 6 nitrogen and oxygen atoms in total. The number of carboxylic acid groups (broad SMARTS) is 1. The van der Waals surface area contributed by atoms with Crippen LogP contribution in [0.4, 0.5) is 0 Å². The van der Waals surface area contributed by atoms with Crippen molar-refractivity contribution in [2.75, 3.05) is 13.1 Å². The van der Waals surface area contributed by atoms with Crippen molar-refractivity contribution >= 4 is 11.9 Å². The Morgan fingerprint density at radius 2 is 2.12 bits per heavy atom. The van der Waals surface area contributed by atoms with Crippen molar-refractivity contribution in [3.05, 3.63) is 17.5 Å². The first-order valence-electron chi connectivity index (χ1n) is 5.52. The number of aryl methyl sites for hydroxylation is 1. The van der Waals surface area contributed by atoms with Crippen molar-refractivity contribution in [3.8, 4) is 0 Å². The fourth-order valence-corrected chi connectivity index (χ4v) is 1.97. The number of carbonyl (C=O) groups is 2. The Kier molecular flexibility index (Phi) is 3.12. The Hall–Kier alpha value is -1.85. The van der Waals surface area contributed by atoms with Gasteiger partial charge in [0.25, 0.3) is 5.91 Å². The highest BCUT2D eigenvalue weighted by Gasteiger charge is 2.29. The molecule has 1 amide bonds. The third-order valence-corrected chi connectivity index (χ3v) is 3.08. The lowest BCUT2D eigenvalue weighted by Gasteiger charge is -2.29. The van der Waals surface area contributed by atoms with Gasteiger partial charge in [-0.1, -0.05) is 5.16 Å². The number of aromatic nitrogens is 1. The Labute approximate surface area is 98.2 Å². The number of piperidine rings is 1. The number of nitrogens with zero attached hydrogens (tertiary/aromatic N) is 2. The summed E-state index contributed by atoms with van der Waals surface area (Å²) in [5, 5.41) is 12.5. The Bertz CT molecular complexity index is 432. The van der Waals surface area contributed by atoms with E-state index in [0.29, 0.717) is 37.2 Å². The fraction of sp³-hybridized carbons (Fsp3) is 0.545. The zero-order valence-electron chi connectivity index (χ0n) is 9.55. The molecular weight excluding hydrogens is 224 g/mol. The molecule has 1 aromatic rings. The van der Waals surface area contributed by atoms with Crippen molar-refractivity contribution in [2.45, 2.75) is 19.8 Å². The summed E-state index contributed by atoms with van der Waals surface area (Å²) in [7, 11) is 0. The predicted octanol–water partition coefficient (Wildman–Crippen LogP) is 0.920. The smallest absolute Gasteiger partial charge is 0.306 e. The van der Waals surface area contributed by atoms with E-state index in [-0.39, 0.29) is 11.8 Å². The lowest BCUT2D eigenvalue weighted by atomic mass is 9.97. The van der Waals surface area contributed by atoms with Crippen molar-refractivity contribution in [1.29, 1.82) is 0 Å². The summed E-state index contributed by atoms with van der Waals surface area (Å²) >= 11 is 0. The molecule has 0 unspecified atom stereocenters. The topological polar surface area (TPSA) is 83.6 Å². The maximum atomic E-state index is 12.0. The first-order valence-corrected chi connectivity index (χ1v) is 5.52. The quantitative estimate of drug-likeness (QED) is 0.828. The third-order valence-electron chi connectivity index (χ3n) is 3.08. The van der Waals surface area contributed by atoms with Crippen LogP contribution in [0.2, 0.25) is 0 Å². The second-order valence-corrected chi connectivity index (χ2v) is 4.25. The van der Waals surface area contributed by atoms with E-state index in [1.54, 1.807) is 11.8 Å². The molecule has 92 valence electrons. The molecule has 2 rings (SSSR count). The number of hydrogen-bond acceptors (Lipinski definition) is 4. The lowest BCUT2D eigenvalue weighted by Crippen LogP contribution is -2.40. The van der Waals surface area contributed by atoms with E-state index in [1.807, 2.05) is 0 Å². The minimum Gasteiger partial charge on any atom is -0.481 e. The molecule has 17 heavy (non-hydrogen) atoms. The van der Waals surface area contributed by atoms with Crippen LogP contribution in [0, 0.1) is 12.8 Å². The van der Waals surface area contributed by atoms with E-state index < -0.39 is 5.97 Å². The highest BCUT2D eigenvalue weighted by molar-refractivity contribution is 5.93. The van der Waals surface area contributed by atoms with Crippen LogP contribution in [0.5, 0.6) is 0 Å². The molecule has 0 atom stereocenters. The molecule has 1 aromatic heterocycles. The molecular formula is C11H14N2O4. The average Bonchev–Trinajstić information content (AvgIpc) is 2.74. The van der Waals surface area contributed by atoms with Crippen LogP contribution in [0.25, 0.3) is 0 Å². The zero-order valence-corrected chi connectivity index (χ0v) is 9.55. The second-order valence-electron chi connectivity index (χ2n) is 4.25. The summed E-state index contributed by atoms with van der Waals surface area (Å²) < 4.78 is 4.72. The molecule has 2 heterocycles. The summed E-state index contributed by atoms with van der Waals surface area (Å²) in [4.78, 5) is 24.4. The molecule has 0 spiro atoms. The van der Waals surface area contributed by atoms with E-state index >= 15 is 0 Å². The molecule has 6 heteroatoms. The normalized spacial score (nSPS) is 17.1. The van der Waals surface area contributed by atoms with Crippen LogP contribution in [-0.2, 0) is 4.79 Å². The van der Waals surface area contributed by atoms with Gasteiger partial charge in [0.2, 0.25) is 0 Å². The summed E-state index contributed by atoms with van der Waals surface area (Å²) in [6.07, 6.45) is 2.42. The minimum absolute atomic E-state index is 0.180. The summed E-state index contributed by atoms with van der Waals surface area (Å²) in [5.41, 5.74) is 1.02. The predicted molar refractivity (Wildman–Crippen MR) is 57.5 cm³/mol. The van der Waals surface area contributed by atoms with Crippen LogP contribution in [0.15, 0.2) is 10.8 Å². The minimum atomic E-state index is -0.783. The summed E-state index contributed by atoms with van der Waals surface area (Å²) in [6.45, 7) is 2.68. The van der Waals surface area contributed by atoms with Gasteiger partial charge in [0.05, 0.1) is 5.92 Å². The highest BCUT2D eigenvalue weighted by atomic mass is 16.5. The van der Waals surface area contributed by atoms with Crippen molar-refractivity contribution in [3.63, 3.8) is 0 Å². The Morgan fingerprint density at radius 3 is 2.59 bits per heavy atom. The van der Waals surface area contributed by atoms with Gasteiger partial charge in [-0.25, -0.2) is 0 Å². The van der Waals surface area contributed by atoms with Crippen LogP contribution < -0.4 is 0 Å². The lowest BCUT2D eigenvalue weighted by molar-refractivity contribution is -0.143. The van der Waals surface area contributed by atoms with Crippen LogP contribution >= 0.6 is 0 Å². The maximum Gasteiger partial charge on any atom is 0.306 e. The molecule has 0 aliphatic carbocycles. The number of rotatable bonds is 2. The maximum absolute atomic E-state index is 12.0. The van der Waals surface area contributed by atoms with Crippen LogP contribution in [-0.4, -0.2) is 40.1 Å². The standard InChI is InChI=1S/C11H14N2O4/c1-7-6-17-12-9(7)10(14)13-4-2-8(3-5-13)11(15)16/h6,8H,2-5H2,1H3,(H,15,16). The number of aliphatic carboxylic acids is 1. The molecule has 1 aliphatic rings. The van der Waals surface area contributed by atoms with Gasteiger partial charge in [-0.05, 0) is 19.8 Å². The summed E-state index contributed by atoms with van der Waals surface area (Å²) in [6, 6.07) is 0. The number of likely N-dealkylation sites (tertiary alicyclic amines) is 1. The van der Waals surface area contributed by atoms with Gasteiger partial charge in [-0.15, -0.1) is 0 Å². The zero-order chi connectivity index (χ0) is 12.4. The van der Waals surface area contributed by atoms with Crippen molar-refractivity contribution in [2.24, 2.45) is 5.92 Å². The number of amides is 1. The average molecular weight is 238 g/mol. The number of carbonyl (C=O) groups excluding carboxylic acids is 1. The first-order chi connectivity index (χ1) is 8.09. The van der Waals surface area contributed by atoms with Gasteiger partial charge in [0.15, 0.2) is 5.69 Å². The van der Waals surface area contributed by atoms with Crippen LogP contribution in [0.3, 0.4) is 0 Å². The largest absolute Gasteiger partial charge is 0.481 e. The van der Waals surface area contributed by atoms with E-state index in [0.717, 1.165) is 0 Å². The van der Waals surface area contributed by atoms with E-state index in [1.165, 1.54) is 6.26 Å². The van der Waals surface area contributed by atoms with Gasteiger partial charge in [0.1, 0.15) is 6.26 Å². The molecule has 0 bridgehead atoms. The van der Waals surface area contributed by atoms with Gasteiger partial charge in [-0.2, -0.15) is 0 Å². The third kappa shape index (κ3) is 2.30. The van der Waals surface area contributed by atoms with Gasteiger partial charge < -0.3 is 14.5 Å². The van der Waals surface area contributed by atoms with Crippen molar-refractivity contribution < 1.29 is 19.2 Å². The molecule has 0 saturated carbocycles. The molecule has 0 aromatic carbocycles. The summed E-state index contributed by atoms with van der Waals surface area (Å²) in [5.74, 6) is -1.30. The van der Waals surface area contributed by atoms with Crippen LogP contribution in [0.1, 0.15) is 28.9 Å². The molecule has 1 aliphatic heterocycles. The second kappa shape index (κ2) is 4.57. The van der Waals surface area contributed by atoms with Gasteiger partial charge in [0, 0.05) is 18.7 Å². The molecule has 1 saturated heterocycles. The Balaban J connectivity index is 2.00. The highest BCUT2D eigenvalue weighted by Crippen LogP contribution is 2.19. The Morgan fingerprint density at radius 1 is 1.47 bits per heavy atom.